The van der Waals surface area contributed by atoms with Crippen molar-refractivity contribution in [3.8, 4) is 0 Å². The maximum absolute atomic E-state index is 12.5. The number of alkyl halides is 1. The number of nitrogens with zero attached hydrogens (tertiary/aromatic N) is 1. The molecule has 0 fully saturated rings. The van der Waals surface area contributed by atoms with Crippen molar-refractivity contribution in [3.05, 3.63) is 28.2 Å². The topological polar surface area (TPSA) is 12.9 Å². The lowest BCUT2D eigenvalue weighted by Gasteiger charge is -1.95. The van der Waals surface area contributed by atoms with Crippen LogP contribution in [0, 0.1) is 5.82 Å². The molecule has 0 amide bonds. The van der Waals surface area contributed by atoms with E-state index in [1.165, 1.54) is 12.1 Å². The fraction of sp³-hybridized carbons (Fsp3) is 0.167. The van der Waals surface area contributed by atoms with E-state index in [1.807, 2.05) is 0 Å². The second-order valence-electron chi connectivity index (χ2n) is 1.73. The SMILES string of the molecule is Fc1cc(Br)nc(CBr)c1. The van der Waals surface area contributed by atoms with Crippen LogP contribution in [0.25, 0.3) is 0 Å². The molecule has 1 aromatic heterocycles. The van der Waals surface area contributed by atoms with Crippen LogP contribution in [0.1, 0.15) is 5.69 Å². The molecule has 0 radical (unpaired) electrons. The third kappa shape index (κ3) is 2.02. The van der Waals surface area contributed by atoms with E-state index in [-0.39, 0.29) is 5.82 Å². The predicted molar refractivity (Wildman–Crippen MR) is 44.5 cm³/mol. The molecule has 0 N–H and O–H groups in total. The highest BCUT2D eigenvalue weighted by molar-refractivity contribution is 9.10. The van der Waals surface area contributed by atoms with Crippen molar-refractivity contribution in [1.82, 2.24) is 4.98 Å². The van der Waals surface area contributed by atoms with Crippen molar-refractivity contribution in [2.75, 3.05) is 0 Å². The molecule has 0 unspecified atom stereocenters. The summed E-state index contributed by atoms with van der Waals surface area (Å²) in [5.41, 5.74) is 0.687. The van der Waals surface area contributed by atoms with Gasteiger partial charge in [-0.25, -0.2) is 9.37 Å². The standard InChI is InChI=1S/C6H4Br2FN/c7-3-5-1-4(9)2-6(8)10-5/h1-2H,3H2. The summed E-state index contributed by atoms with van der Waals surface area (Å²) >= 11 is 6.26. The van der Waals surface area contributed by atoms with E-state index in [2.05, 4.69) is 36.8 Å². The third-order valence-electron chi connectivity index (χ3n) is 0.949. The van der Waals surface area contributed by atoms with Crippen LogP contribution >= 0.6 is 31.9 Å². The zero-order chi connectivity index (χ0) is 7.56. The lowest BCUT2D eigenvalue weighted by atomic mass is 10.4. The van der Waals surface area contributed by atoms with Gasteiger partial charge in [0.05, 0.1) is 5.69 Å². The normalized spacial score (nSPS) is 9.90. The molecular formula is C6H4Br2FN. The summed E-state index contributed by atoms with van der Waals surface area (Å²) in [7, 11) is 0. The minimum atomic E-state index is -0.267. The number of aromatic nitrogens is 1. The molecule has 0 aliphatic rings. The van der Waals surface area contributed by atoms with Crippen molar-refractivity contribution in [2.24, 2.45) is 0 Å². The molecule has 1 heterocycles. The van der Waals surface area contributed by atoms with E-state index in [0.717, 1.165) is 0 Å². The molecule has 0 spiro atoms. The fourth-order valence-electron chi connectivity index (χ4n) is 0.585. The molecule has 0 saturated heterocycles. The largest absolute Gasteiger partial charge is 0.245 e. The van der Waals surface area contributed by atoms with Crippen LogP contribution in [-0.2, 0) is 5.33 Å². The lowest BCUT2D eigenvalue weighted by molar-refractivity contribution is 0.622. The summed E-state index contributed by atoms with van der Waals surface area (Å²) < 4.78 is 13.1. The number of rotatable bonds is 1. The second kappa shape index (κ2) is 3.44. The van der Waals surface area contributed by atoms with Gasteiger partial charge in [0.15, 0.2) is 0 Å². The Morgan fingerprint density at radius 1 is 1.50 bits per heavy atom. The second-order valence-corrected chi connectivity index (χ2v) is 3.11. The van der Waals surface area contributed by atoms with Crippen LogP contribution in [0.15, 0.2) is 16.7 Å². The molecule has 0 aliphatic carbocycles. The molecule has 0 saturated carbocycles. The highest BCUT2D eigenvalue weighted by Crippen LogP contribution is 2.11. The number of pyridine rings is 1. The Balaban J connectivity index is 3.06. The first-order valence-electron chi connectivity index (χ1n) is 2.60. The van der Waals surface area contributed by atoms with Crippen LogP contribution in [0.5, 0.6) is 0 Å². The Bertz CT molecular complexity index is 219. The molecule has 54 valence electrons. The van der Waals surface area contributed by atoms with E-state index in [0.29, 0.717) is 15.6 Å². The number of hydrogen-bond acceptors (Lipinski definition) is 1. The van der Waals surface area contributed by atoms with E-state index >= 15 is 0 Å². The third-order valence-corrected chi connectivity index (χ3v) is 1.93. The molecule has 0 bridgehead atoms. The zero-order valence-electron chi connectivity index (χ0n) is 4.94. The van der Waals surface area contributed by atoms with Crippen LogP contribution in [-0.4, -0.2) is 4.98 Å². The maximum atomic E-state index is 12.5. The van der Waals surface area contributed by atoms with Crippen molar-refractivity contribution < 1.29 is 4.39 Å². The average molecular weight is 269 g/mol. The van der Waals surface area contributed by atoms with Gasteiger partial charge in [-0.15, -0.1) is 0 Å². The number of hydrogen-bond donors (Lipinski definition) is 0. The summed E-state index contributed by atoms with van der Waals surface area (Å²) in [6.45, 7) is 0. The Hall–Kier alpha value is 0.0400. The maximum Gasteiger partial charge on any atom is 0.127 e. The van der Waals surface area contributed by atoms with Gasteiger partial charge in [0, 0.05) is 11.4 Å². The van der Waals surface area contributed by atoms with E-state index in [9.17, 15) is 4.39 Å². The average Bonchev–Trinajstić information content (AvgIpc) is 1.85. The van der Waals surface area contributed by atoms with Gasteiger partial charge < -0.3 is 0 Å². The fourth-order valence-corrected chi connectivity index (χ4v) is 1.32. The minimum absolute atomic E-state index is 0.267. The molecule has 10 heavy (non-hydrogen) atoms. The first-order valence-corrected chi connectivity index (χ1v) is 4.52. The van der Waals surface area contributed by atoms with Gasteiger partial charge in [-0.3, -0.25) is 0 Å². The van der Waals surface area contributed by atoms with Crippen LogP contribution in [0.2, 0.25) is 0 Å². The van der Waals surface area contributed by atoms with Gasteiger partial charge >= 0.3 is 0 Å². The summed E-state index contributed by atoms with van der Waals surface area (Å²) in [6, 6.07) is 2.71. The monoisotopic (exact) mass is 267 g/mol. The molecular weight excluding hydrogens is 265 g/mol. The van der Waals surface area contributed by atoms with E-state index in [1.54, 1.807) is 0 Å². The van der Waals surface area contributed by atoms with Gasteiger partial charge in [-0.1, -0.05) is 15.9 Å². The van der Waals surface area contributed by atoms with Gasteiger partial charge in [0.25, 0.3) is 0 Å². The van der Waals surface area contributed by atoms with Gasteiger partial charge in [-0.05, 0) is 22.0 Å². The molecule has 1 aromatic rings. The van der Waals surface area contributed by atoms with Crippen molar-refractivity contribution >= 4 is 31.9 Å². The van der Waals surface area contributed by atoms with E-state index < -0.39 is 0 Å². The quantitative estimate of drug-likeness (QED) is 0.564. The minimum Gasteiger partial charge on any atom is -0.245 e. The summed E-state index contributed by atoms with van der Waals surface area (Å²) in [5, 5.41) is 0.573. The van der Waals surface area contributed by atoms with Crippen LogP contribution < -0.4 is 0 Å². The first kappa shape index (κ1) is 8.14. The van der Waals surface area contributed by atoms with Crippen molar-refractivity contribution in [2.45, 2.75) is 5.33 Å². The molecule has 1 rings (SSSR count). The zero-order valence-corrected chi connectivity index (χ0v) is 8.11. The molecule has 0 aliphatic heterocycles. The van der Waals surface area contributed by atoms with Gasteiger partial charge in [0.2, 0.25) is 0 Å². The van der Waals surface area contributed by atoms with E-state index in [4.69, 9.17) is 0 Å². The van der Waals surface area contributed by atoms with Crippen molar-refractivity contribution in [1.29, 1.82) is 0 Å². The van der Waals surface area contributed by atoms with Crippen molar-refractivity contribution in [3.63, 3.8) is 0 Å². The summed E-state index contributed by atoms with van der Waals surface area (Å²) in [6.07, 6.45) is 0. The number of halogens is 3. The Labute approximate surface area is 74.9 Å². The summed E-state index contributed by atoms with van der Waals surface area (Å²) in [4.78, 5) is 3.98. The smallest absolute Gasteiger partial charge is 0.127 e. The molecule has 0 atom stereocenters. The highest BCUT2D eigenvalue weighted by Gasteiger charge is 1.97. The first-order chi connectivity index (χ1) is 4.72. The van der Waals surface area contributed by atoms with Crippen LogP contribution in [0.3, 0.4) is 0 Å². The lowest BCUT2D eigenvalue weighted by Crippen LogP contribution is -1.87. The summed E-state index contributed by atoms with van der Waals surface area (Å²) in [5.74, 6) is -0.267. The predicted octanol–water partition coefficient (Wildman–Crippen LogP) is 2.88. The van der Waals surface area contributed by atoms with Gasteiger partial charge in [-0.2, -0.15) is 0 Å². The Morgan fingerprint density at radius 3 is 2.70 bits per heavy atom. The Kier molecular flexibility index (Phi) is 2.80. The van der Waals surface area contributed by atoms with Gasteiger partial charge in [0.1, 0.15) is 10.4 Å². The molecule has 1 nitrogen and oxygen atoms in total. The highest BCUT2D eigenvalue weighted by atomic mass is 79.9. The molecule has 0 aromatic carbocycles. The van der Waals surface area contributed by atoms with Crippen LogP contribution in [0.4, 0.5) is 4.39 Å². The Morgan fingerprint density at radius 2 is 2.20 bits per heavy atom. The molecule has 4 heteroatoms.